The molecule has 1 saturated carbocycles. The second-order valence-corrected chi connectivity index (χ2v) is 18.0. The maximum absolute atomic E-state index is 13.7. The van der Waals surface area contributed by atoms with Crippen LogP contribution in [0.1, 0.15) is 69.7 Å². The summed E-state index contributed by atoms with van der Waals surface area (Å²) >= 11 is 5.72. The lowest BCUT2D eigenvalue weighted by molar-refractivity contribution is -0.138. The van der Waals surface area contributed by atoms with Gasteiger partial charge >= 0.3 is 6.18 Å². The summed E-state index contributed by atoms with van der Waals surface area (Å²) in [7, 11) is -1.91. The molecular formula is C31H35F3N4O3SSi. The van der Waals surface area contributed by atoms with Crippen molar-refractivity contribution >= 4 is 48.7 Å². The average Bonchev–Trinajstić information content (AvgIpc) is 3.17. The van der Waals surface area contributed by atoms with E-state index < -0.39 is 37.2 Å². The van der Waals surface area contributed by atoms with Crippen LogP contribution in [-0.4, -0.2) is 42.6 Å². The number of hydrogen-bond donors (Lipinski definition) is 0. The number of carbonyl (C=O) groups is 1. The zero-order chi connectivity index (χ0) is 31.4. The molecule has 2 aliphatic heterocycles. The fraction of sp³-hybridized carbons (Fsp3) is 0.484. The largest absolute Gasteiger partial charge is 0.488 e. The van der Waals surface area contributed by atoms with Crippen molar-refractivity contribution in [3.8, 4) is 6.07 Å². The molecule has 2 fully saturated rings. The summed E-state index contributed by atoms with van der Waals surface area (Å²) in [4.78, 5) is 20.3. The molecule has 5 rings (SSSR count). The third kappa shape index (κ3) is 5.58. The summed E-state index contributed by atoms with van der Waals surface area (Å²) in [6.45, 7) is 11.6. The van der Waals surface area contributed by atoms with Crippen molar-refractivity contribution in [2.45, 2.75) is 88.8 Å². The molecule has 0 N–H and O–H groups in total. The molecule has 1 spiro atoms. The Balaban J connectivity index is 1.37. The van der Waals surface area contributed by atoms with Crippen molar-refractivity contribution in [1.82, 2.24) is 4.98 Å². The van der Waals surface area contributed by atoms with E-state index in [1.54, 1.807) is 4.90 Å². The van der Waals surface area contributed by atoms with Crippen molar-refractivity contribution in [1.29, 1.82) is 5.26 Å². The number of nitriles is 1. The number of aromatic nitrogens is 1. The number of nitrogens with zero attached hydrogens (tertiary/aromatic N) is 4. The minimum absolute atomic E-state index is 0.0491. The van der Waals surface area contributed by atoms with Gasteiger partial charge in [-0.3, -0.25) is 9.69 Å². The van der Waals surface area contributed by atoms with Crippen LogP contribution in [0.3, 0.4) is 0 Å². The Morgan fingerprint density at radius 2 is 1.86 bits per heavy atom. The molecule has 3 heterocycles. The third-order valence-corrected chi connectivity index (χ3v) is 14.0. The lowest BCUT2D eigenvalue weighted by Crippen LogP contribution is -2.55. The zero-order valence-electron chi connectivity index (χ0n) is 24.9. The Labute approximate surface area is 256 Å². The van der Waals surface area contributed by atoms with E-state index in [0.717, 1.165) is 47.7 Å². The highest BCUT2D eigenvalue weighted by atomic mass is 32.1. The maximum Gasteiger partial charge on any atom is 0.419 e. The number of rotatable bonds is 6. The minimum atomic E-state index is -4.81. The number of carbonyl (C=O) groups excluding carboxylic acids is 1. The molecule has 1 atom stereocenters. The molecule has 2 aromatic rings. The standard InChI is InChI=1S/C31H35F3N4O3SSi/c1-29(2,3)43(4,5)40-19-23-8-6-9-26(41-23)20-10-12-21(13-11-20)38-28(42)37(27(39)30(38)14-7-15-30)22-16-24(31(32,33)34)25(17-35)36-18-22/h9-13,16,18,23H,6-8,14-15,19H2,1-5H3. The van der Waals surface area contributed by atoms with E-state index in [2.05, 4.69) is 44.9 Å². The number of benzene rings is 1. The smallest absolute Gasteiger partial charge is 0.419 e. The van der Waals surface area contributed by atoms with Gasteiger partial charge in [-0.2, -0.15) is 18.4 Å². The summed E-state index contributed by atoms with van der Waals surface area (Å²) in [5.41, 5.74) is -1.51. The lowest BCUT2D eigenvalue weighted by Gasteiger charge is -2.43. The molecule has 1 aromatic carbocycles. The molecule has 1 aliphatic carbocycles. The fourth-order valence-corrected chi connectivity index (χ4v) is 6.88. The number of pyridine rings is 1. The van der Waals surface area contributed by atoms with Crippen LogP contribution in [0.25, 0.3) is 5.76 Å². The number of allylic oxidation sites excluding steroid dienone is 1. The summed E-state index contributed by atoms with van der Waals surface area (Å²) in [5.74, 6) is 0.375. The Bertz CT molecular complexity index is 1510. The average molecular weight is 629 g/mol. The van der Waals surface area contributed by atoms with E-state index in [9.17, 15) is 18.0 Å². The van der Waals surface area contributed by atoms with Gasteiger partial charge in [0.25, 0.3) is 5.91 Å². The second kappa shape index (κ2) is 11.0. The number of thiocarbonyl (C=S) groups is 1. The van der Waals surface area contributed by atoms with Crippen molar-refractivity contribution < 1.29 is 27.1 Å². The molecule has 228 valence electrons. The quantitative estimate of drug-likeness (QED) is 0.241. The molecule has 1 aromatic heterocycles. The zero-order valence-corrected chi connectivity index (χ0v) is 26.7. The van der Waals surface area contributed by atoms with Crippen LogP contribution in [0, 0.1) is 11.3 Å². The highest BCUT2D eigenvalue weighted by Gasteiger charge is 2.59. The van der Waals surface area contributed by atoms with Crippen LogP contribution in [-0.2, 0) is 20.1 Å². The number of amides is 1. The maximum atomic E-state index is 13.7. The van der Waals surface area contributed by atoms with Gasteiger partial charge in [0.2, 0.25) is 0 Å². The normalized spacial score (nSPS) is 20.5. The van der Waals surface area contributed by atoms with E-state index in [-0.39, 0.29) is 21.9 Å². The lowest BCUT2D eigenvalue weighted by atomic mass is 9.75. The van der Waals surface area contributed by atoms with Crippen LogP contribution in [0.5, 0.6) is 0 Å². The predicted octanol–water partition coefficient (Wildman–Crippen LogP) is 7.57. The summed E-state index contributed by atoms with van der Waals surface area (Å²) in [5, 5.41) is 9.32. The van der Waals surface area contributed by atoms with Gasteiger partial charge in [0.1, 0.15) is 23.5 Å². The van der Waals surface area contributed by atoms with E-state index in [0.29, 0.717) is 25.1 Å². The molecule has 1 saturated heterocycles. The van der Waals surface area contributed by atoms with Gasteiger partial charge in [0.15, 0.2) is 19.1 Å². The first kappa shape index (κ1) is 31.2. The first-order valence-corrected chi connectivity index (χ1v) is 17.7. The molecule has 1 unspecified atom stereocenters. The van der Waals surface area contributed by atoms with Gasteiger partial charge in [-0.05, 0) is 98.9 Å². The van der Waals surface area contributed by atoms with E-state index >= 15 is 0 Å². The summed E-state index contributed by atoms with van der Waals surface area (Å²) in [6, 6.07) is 9.77. The topological polar surface area (TPSA) is 78.7 Å². The van der Waals surface area contributed by atoms with Crippen LogP contribution in [0.15, 0.2) is 42.6 Å². The van der Waals surface area contributed by atoms with E-state index in [1.165, 1.54) is 6.07 Å². The number of ether oxygens (including phenoxy) is 1. The van der Waals surface area contributed by atoms with Gasteiger partial charge in [-0.15, -0.1) is 0 Å². The molecule has 0 radical (unpaired) electrons. The molecular weight excluding hydrogens is 594 g/mol. The van der Waals surface area contributed by atoms with Crippen molar-refractivity contribution in [3.05, 3.63) is 59.4 Å². The summed E-state index contributed by atoms with van der Waals surface area (Å²) in [6.07, 6.45) is 1.86. The van der Waals surface area contributed by atoms with Crippen LogP contribution < -0.4 is 9.80 Å². The van der Waals surface area contributed by atoms with Crippen molar-refractivity contribution in [2.75, 3.05) is 16.4 Å². The highest BCUT2D eigenvalue weighted by molar-refractivity contribution is 7.81. The SMILES string of the molecule is CC(C)(C)[Si](C)(C)OCC1CCC=C(c2ccc(N3C(=S)N(c4cnc(C#N)c(C(F)(F)F)c4)C(=O)C34CCC4)cc2)O1. The number of anilines is 2. The highest BCUT2D eigenvalue weighted by Crippen LogP contribution is 2.48. The van der Waals surface area contributed by atoms with Gasteiger partial charge in [-0.25, -0.2) is 4.98 Å². The Kier molecular flexibility index (Phi) is 7.99. The first-order valence-electron chi connectivity index (χ1n) is 14.4. The monoisotopic (exact) mass is 628 g/mol. The fourth-order valence-electron chi connectivity index (χ4n) is 5.37. The third-order valence-electron chi connectivity index (χ3n) is 9.09. The van der Waals surface area contributed by atoms with Gasteiger partial charge in [-0.1, -0.05) is 20.8 Å². The predicted molar refractivity (Wildman–Crippen MR) is 165 cm³/mol. The molecule has 3 aliphatic rings. The second-order valence-electron chi connectivity index (χ2n) is 12.8. The van der Waals surface area contributed by atoms with E-state index in [1.807, 2.05) is 24.3 Å². The van der Waals surface area contributed by atoms with Crippen LogP contribution in [0.4, 0.5) is 24.5 Å². The number of hydrogen-bond acceptors (Lipinski definition) is 6. The van der Waals surface area contributed by atoms with E-state index in [4.69, 9.17) is 26.6 Å². The van der Waals surface area contributed by atoms with Crippen molar-refractivity contribution in [2.24, 2.45) is 0 Å². The van der Waals surface area contributed by atoms with Crippen molar-refractivity contribution in [3.63, 3.8) is 0 Å². The van der Waals surface area contributed by atoms with Crippen LogP contribution >= 0.6 is 12.2 Å². The molecule has 0 bridgehead atoms. The Morgan fingerprint density at radius 3 is 2.42 bits per heavy atom. The first-order chi connectivity index (χ1) is 20.1. The van der Waals surface area contributed by atoms with Gasteiger partial charge < -0.3 is 14.1 Å². The summed E-state index contributed by atoms with van der Waals surface area (Å²) < 4.78 is 53.7. The molecule has 1 amide bonds. The van der Waals surface area contributed by atoms with Gasteiger partial charge in [0.05, 0.1) is 24.1 Å². The molecule has 12 heteroatoms. The number of alkyl halides is 3. The van der Waals surface area contributed by atoms with Gasteiger partial charge in [0, 0.05) is 11.3 Å². The Hall–Kier alpha value is -3.27. The molecule has 7 nitrogen and oxygen atoms in total. The Morgan fingerprint density at radius 1 is 1.19 bits per heavy atom. The molecule has 43 heavy (non-hydrogen) atoms. The minimum Gasteiger partial charge on any atom is -0.488 e. The van der Waals surface area contributed by atoms with Crippen LogP contribution in [0.2, 0.25) is 18.1 Å². The number of halogens is 3.